The molecule has 42 heavy (non-hydrogen) atoms. The summed E-state index contributed by atoms with van der Waals surface area (Å²) >= 11 is 6.06. The number of carbonyl (C=O) groups excluding carboxylic acids is 1. The van der Waals surface area contributed by atoms with E-state index < -0.39 is 11.9 Å². The molecule has 0 aliphatic carbocycles. The van der Waals surface area contributed by atoms with E-state index in [1.54, 1.807) is 0 Å². The second kappa shape index (κ2) is 13.5. The van der Waals surface area contributed by atoms with E-state index in [4.69, 9.17) is 21.1 Å². The van der Waals surface area contributed by atoms with Crippen LogP contribution in [0.15, 0.2) is 72.8 Å². The zero-order valence-electron chi connectivity index (χ0n) is 24.1. The van der Waals surface area contributed by atoms with E-state index >= 15 is 0 Å². The molecule has 2 amide bonds. The molecule has 3 aromatic rings. The van der Waals surface area contributed by atoms with Gasteiger partial charge in [0.25, 0.3) is 0 Å². The SMILES string of the molecule is CCNC(=O)Nc1ccc(C2OC(CN3CCC(O)(c4ccc(Cl)cc4)CC3)C(C)C(c3ccc(CO)cc3)O2)cc1. The number of aliphatic hydroxyl groups is 2. The van der Waals surface area contributed by atoms with Gasteiger partial charge in [0.05, 0.1) is 24.4 Å². The monoisotopic (exact) mass is 593 g/mol. The summed E-state index contributed by atoms with van der Waals surface area (Å²) in [6, 6.07) is 22.6. The fraction of sp³-hybridized carbons (Fsp3) is 0.424. The fourth-order valence-corrected chi connectivity index (χ4v) is 5.92. The molecule has 0 spiro atoms. The molecule has 0 saturated carbocycles. The zero-order chi connectivity index (χ0) is 29.7. The standard InChI is InChI=1S/C33H40ClN3O5/c1-3-35-32(39)36-28-14-8-25(9-15-28)31-41-29(22(2)30(42-31)24-6-4-23(21-38)5-7-24)20-37-18-16-33(40,17-19-37)26-10-12-27(34)13-11-26/h4-15,22,29-31,38,40H,3,16-21H2,1-2H3,(H2,35,36,39). The van der Waals surface area contributed by atoms with Gasteiger partial charge in [-0.1, -0.05) is 67.1 Å². The highest BCUT2D eigenvalue weighted by atomic mass is 35.5. The van der Waals surface area contributed by atoms with Crippen molar-refractivity contribution in [2.75, 3.05) is 31.5 Å². The number of nitrogens with one attached hydrogen (secondary N) is 2. The van der Waals surface area contributed by atoms with Crippen LogP contribution in [0.2, 0.25) is 5.02 Å². The average molecular weight is 594 g/mol. The Kier molecular flexibility index (Phi) is 9.83. The minimum absolute atomic E-state index is 0.0102. The van der Waals surface area contributed by atoms with Crippen LogP contribution in [0.3, 0.4) is 0 Å². The largest absolute Gasteiger partial charge is 0.392 e. The molecule has 2 aliphatic rings. The highest BCUT2D eigenvalue weighted by Gasteiger charge is 2.41. The van der Waals surface area contributed by atoms with E-state index in [0.29, 0.717) is 36.6 Å². The lowest BCUT2D eigenvalue weighted by Crippen LogP contribution is -2.49. The normalized spacial score (nSPS) is 24.2. The Morgan fingerprint density at radius 3 is 2.24 bits per heavy atom. The van der Waals surface area contributed by atoms with E-state index in [-0.39, 0.29) is 30.8 Å². The van der Waals surface area contributed by atoms with Gasteiger partial charge in [0.15, 0.2) is 6.29 Å². The number of urea groups is 1. The molecule has 8 nitrogen and oxygen atoms in total. The summed E-state index contributed by atoms with van der Waals surface area (Å²) in [5.41, 5.74) is 3.46. The van der Waals surface area contributed by atoms with Gasteiger partial charge in [-0.2, -0.15) is 0 Å². The fourth-order valence-electron chi connectivity index (χ4n) is 5.80. The summed E-state index contributed by atoms with van der Waals surface area (Å²) in [4.78, 5) is 14.3. The van der Waals surface area contributed by atoms with Gasteiger partial charge in [0, 0.05) is 48.4 Å². The third kappa shape index (κ3) is 7.14. The number of nitrogens with zero attached hydrogens (tertiary/aromatic N) is 1. The van der Waals surface area contributed by atoms with Gasteiger partial charge < -0.3 is 35.2 Å². The molecular weight excluding hydrogens is 554 g/mol. The minimum Gasteiger partial charge on any atom is -0.392 e. The molecule has 0 aromatic heterocycles. The van der Waals surface area contributed by atoms with Crippen LogP contribution in [0.4, 0.5) is 10.5 Å². The predicted molar refractivity (Wildman–Crippen MR) is 163 cm³/mol. The maximum absolute atomic E-state index is 11.9. The quantitative estimate of drug-likeness (QED) is 0.265. The van der Waals surface area contributed by atoms with Crippen molar-refractivity contribution in [1.29, 1.82) is 0 Å². The molecule has 2 saturated heterocycles. The zero-order valence-corrected chi connectivity index (χ0v) is 24.9. The Hall–Kier alpha value is -2.98. The molecule has 3 aromatic carbocycles. The third-order valence-electron chi connectivity index (χ3n) is 8.40. The number of piperidine rings is 1. The Morgan fingerprint density at radius 1 is 0.976 bits per heavy atom. The molecule has 4 unspecified atom stereocenters. The summed E-state index contributed by atoms with van der Waals surface area (Å²) in [5.74, 6) is 0.0528. The lowest BCUT2D eigenvalue weighted by molar-refractivity contribution is -0.277. The number of benzene rings is 3. The van der Waals surface area contributed by atoms with E-state index in [9.17, 15) is 15.0 Å². The molecule has 0 radical (unpaired) electrons. The van der Waals surface area contributed by atoms with Gasteiger partial charge in [0.1, 0.15) is 0 Å². The molecular formula is C33H40ClN3O5. The Balaban J connectivity index is 1.31. The molecule has 2 aliphatic heterocycles. The number of ether oxygens (including phenoxy) is 2. The molecule has 5 rings (SSSR count). The molecule has 2 heterocycles. The number of carbonyl (C=O) groups is 1. The van der Waals surface area contributed by atoms with Gasteiger partial charge in [0.2, 0.25) is 0 Å². The summed E-state index contributed by atoms with van der Waals surface area (Å²) in [7, 11) is 0. The van der Waals surface area contributed by atoms with Crippen molar-refractivity contribution >= 4 is 23.3 Å². The van der Waals surface area contributed by atoms with Crippen molar-refractivity contribution in [1.82, 2.24) is 10.2 Å². The van der Waals surface area contributed by atoms with Crippen LogP contribution < -0.4 is 10.6 Å². The lowest BCUT2D eigenvalue weighted by atomic mass is 9.84. The van der Waals surface area contributed by atoms with E-state index in [0.717, 1.165) is 35.3 Å². The van der Waals surface area contributed by atoms with Crippen LogP contribution in [0.25, 0.3) is 0 Å². The van der Waals surface area contributed by atoms with Crippen molar-refractivity contribution in [3.8, 4) is 0 Å². The third-order valence-corrected chi connectivity index (χ3v) is 8.66. The number of anilines is 1. The Bertz CT molecular complexity index is 1310. The van der Waals surface area contributed by atoms with Crippen LogP contribution in [-0.2, 0) is 21.7 Å². The first kappa shape index (κ1) is 30.5. The number of aliphatic hydroxyl groups excluding tert-OH is 1. The van der Waals surface area contributed by atoms with Gasteiger partial charge in [-0.15, -0.1) is 0 Å². The maximum Gasteiger partial charge on any atom is 0.319 e. The lowest BCUT2D eigenvalue weighted by Gasteiger charge is -2.45. The molecule has 4 atom stereocenters. The van der Waals surface area contributed by atoms with Gasteiger partial charge >= 0.3 is 6.03 Å². The van der Waals surface area contributed by atoms with E-state index in [1.807, 2.05) is 79.7 Å². The van der Waals surface area contributed by atoms with Crippen molar-refractivity contribution in [3.63, 3.8) is 0 Å². The molecule has 0 bridgehead atoms. The predicted octanol–water partition coefficient (Wildman–Crippen LogP) is 5.75. The number of amides is 2. The highest BCUT2D eigenvalue weighted by Crippen LogP contribution is 2.42. The Labute approximate surface area is 252 Å². The first-order valence-corrected chi connectivity index (χ1v) is 15.0. The van der Waals surface area contributed by atoms with Crippen LogP contribution in [0.5, 0.6) is 0 Å². The topological polar surface area (TPSA) is 103 Å². The van der Waals surface area contributed by atoms with E-state index in [1.165, 1.54) is 0 Å². The first-order chi connectivity index (χ1) is 20.3. The number of likely N-dealkylation sites (tertiary alicyclic amines) is 1. The highest BCUT2D eigenvalue weighted by molar-refractivity contribution is 6.30. The average Bonchev–Trinajstić information content (AvgIpc) is 3.00. The molecule has 2 fully saturated rings. The smallest absolute Gasteiger partial charge is 0.319 e. The van der Waals surface area contributed by atoms with Crippen LogP contribution >= 0.6 is 11.6 Å². The first-order valence-electron chi connectivity index (χ1n) is 14.6. The van der Waals surface area contributed by atoms with Crippen LogP contribution in [0, 0.1) is 5.92 Å². The molecule has 4 N–H and O–H groups in total. The summed E-state index contributed by atoms with van der Waals surface area (Å²) in [6.07, 6.45) is 0.318. The summed E-state index contributed by atoms with van der Waals surface area (Å²) < 4.78 is 13.2. The summed E-state index contributed by atoms with van der Waals surface area (Å²) in [6.45, 7) is 6.75. The van der Waals surface area contributed by atoms with Crippen molar-refractivity contribution in [2.45, 2.75) is 57.4 Å². The number of hydrogen-bond donors (Lipinski definition) is 4. The number of hydrogen-bond acceptors (Lipinski definition) is 6. The van der Waals surface area contributed by atoms with Gasteiger partial charge in [-0.25, -0.2) is 4.79 Å². The van der Waals surface area contributed by atoms with Crippen molar-refractivity contribution < 1.29 is 24.5 Å². The molecule has 9 heteroatoms. The molecule has 224 valence electrons. The van der Waals surface area contributed by atoms with Gasteiger partial charge in [-0.05, 0) is 60.7 Å². The van der Waals surface area contributed by atoms with Crippen molar-refractivity contribution in [2.24, 2.45) is 5.92 Å². The minimum atomic E-state index is -0.868. The van der Waals surface area contributed by atoms with Crippen molar-refractivity contribution in [3.05, 3.63) is 100 Å². The van der Waals surface area contributed by atoms with Crippen LogP contribution in [-0.4, -0.2) is 53.4 Å². The van der Waals surface area contributed by atoms with Gasteiger partial charge in [-0.3, -0.25) is 0 Å². The van der Waals surface area contributed by atoms with Crippen LogP contribution in [0.1, 0.15) is 61.3 Å². The summed E-state index contributed by atoms with van der Waals surface area (Å²) in [5, 5.41) is 27.1. The number of rotatable bonds is 8. The Morgan fingerprint density at radius 2 is 1.62 bits per heavy atom. The maximum atomic E-state index is 11.9. The number of halogens is 1. The second-order valence-electron chi connectivity index (χ2n) is 11.3. The second-order valence-corrected chi connectivity index (χ2v) is 11.7. The van der Waals surface area contributed by atoms with E-state index in [2.05, 4.69) is 22.5 Å².